The van der Waals surface area contributed by atoms with Gasteiger partial charge in [-0.05, 0) is 67.9 Å². The molecule has 4 rings (SSSR count). The summed E-state index contributed by atoms with van der Waals surface area (Å²) in [6.45, 7) is 2.46. The van der Waals surface area contributed by atoms with Crippen molar-refractivity contribution in [1.82, 2.24) is 10.2 Å². The average Bonchev–Trinajstić information content (AvgIpc) is 2.74. The highest BCUT2D eigenvalue weighted by atomic mass is 19.1. The molecule has 1 aliphatic carbocycles. The number of aromatic nitrogens is 2. The zero-order valence-corrected chi connectivity index (χ0v) is 16.2. The molecule has 5 nitrogen and oxygen atoms in total. The van der Waals surface area contributed by atoms with Gasteiger partial charge in [0.05, 0.1) is 12.7 Å². The second kappa shape index (κ2) is 8.97. The zero-order valence-electron chi connectivity index (χ0n) is 16.2. The van der Waals surface area contributed by atoms with Crippen LogP contribution in [-0.4, -0.2) is 42.0 Å². The molecule has 2 N–H and O–H groups in total. The third-order valence-corrected chi connectivity index (χ3v) is 6.22. The maximum atomic E-state index is 13.5. The molecule has 0 bridgehead atoms. The molecule has 0 amide bonds. The third-order valence-electron chi connectivity index (χ3n) is 6.22. The highest BCUT2D eigenvalue weighted by molar-refractivity contribution is 5.37. The van der Waals surface area contributed by atoms with E-state index in [1.807, 2.05) is 18.2 Å². The lowest BCUT2D eigenvalue weighted by Gasteiger charge is -2.38. The molecule has 1 saturated carbocycles. The Kier molecular flexibility index (Phi) is 6.17. The van der Waals surface area contributed by atoms with Crippen molar-refractivity contribution >= 4 is 5.82 Å². The predicted molar refractivity (Wildman–Crippen MR) is 108 cm³/mol. The predicted octanol–water partition coefficient (Wildman–Crippen LogP) is 3.51. The van der Waals surface area contributed by atoms with Gasteiger partial charge in [-0.1, -0.05) is 12.1 Å². The van der Waals surface area contributed by atoms with Crippen LogP contribution < -0.4 is 10.6 Å². The van der Waals surface area contributed by atoms with Crippen LogP contribution in [0, 0.1) is 11.7 Å². The number of hydrogen-bond donors (Lipinski definition) is 1. The molecule has 28 heavy (non-hydrogen) atoms. The molecule has 2 aliphatic rings. The van der Waals surface area contributed by atoms with Gasteiger partial charge in [-0.15, -0.1) is 5.10 Å². The minimum Gasteiger partial charge on any atom is -0.378 e. The highest BCUT2D eigenvalue weighted by Crippen LogP contribution is 2.34. The summed E-state index contributed by atoms with van der Waals surface area (Å²) in [7, 11) is 0. The smallest absolute Gasteiger partial charge is 0.151 e. The normalized spacial score (nSPS) is 28.3. The van der Waals surface area contributed by atoms with Crippen LogP contribution in [0.25, 0.3) is 0 Å². The van der Waals surface area contributed by atoms with Gasteiger partial charge in [0.1, 0.15) is 5.82 Å². The Labute approximate surface area is 166 Å². The number of piperidine rings is 1. The summed E-state index contributed by atoms with van der Waals surface area (Å²) in [5.41, 5.74) is 7.49. The van der Waals surface area contributed by atoms with E-state index in [9.17, 15) is 4.39 Å². The Bertz CT molecular complexity index is 751. The lowest BCUT2D eigenvalue weighted by atomic mass is 9.82. The summed E-state index contributed by atoms with van der Waals surface area (Å²) in [6, 6.07) is 11.1. The SMILES string of the molecule is NC1CCN(c2cccnn2)CC1CO[C@H]1CC[C@@H](c2cccc(F)c2)CC1. The first-order valence-electron chi connectivity index (χ1n) is 10.3. The van der Waals surface area contributed by atoms with Gasteiger partial charge in [0, 0.05) is 31.2 Å². The minimum atomic E-state index is -0.144. The Morgan fingerprint density at radius 1 is 1.11 bits per heavy atom. The first-order chi connectivity index (χ1) is 13.7. The summed E-state index contributed by atoms with van der Waals surface area (Å²) < 4.78 is 19.7. The van der Waals surface area contributed by atoms with Gasteiger partial charge >= 0.3 is 0 Å². The molecule has 2 heterocycles. The zero-order chi connectivity index (χ0) is 19.3. The Hall–Kier alpha value is -2.05. The van der Waals surface area contributed by atoms with E-state index in [4.69, 9.17) is 10.5 Å². The summed E-state index contributed by atoms with van der Waals surface area (Å²) in [5, 5.41) is 8.21. The lowest BCUT2D eigenvalue weighted by molar-refractivity contribution is -0.00103. The van der Waals surface area contributed by atoms with E-state index in [0.717, 1.165) is 56.6 Å². The van der Waals surface area contributed by atoms with Crippen LogP contribution in [-0.2, 0) is 4.74 Å². The maximum Gasteiger partial charge on any atom is 0.151 e. The number of ether oxygens (including phenoxy) is 1. The van der Waals surface area contributed by atoms with Gasteiger partial charge in [-0.3, -0.25) is 0 Å². The highest BCUT2D eigenvalue weighted by Gasteiger charge is 2.30. The minimum absolute atomic E-state index is 0.144. The van der Waals surface area contributed by atoms with E-state index < -0.39 is 0 Å². The standard InChI is InChI=1S/C22H29FN4O/c23-19-4-1-3-17(13-19)16-6-8-20(9-7-16)28-15-18-14-27(12-10-21(18)24)22-5-2-11-25-26-22/h1-5,11,13,16,18,20-21H,6-10,12,14-15,24H2/t16-,18?,20+,21?. The molecule has 1 saturated heterocycles. The molecule has 2 fully saturated rings. The van der Waals surface area contributed by atoms with E-state index in [1.54, 1.807) is 18.3 Å². The molecule has 2 unspecified atom stereocenters. The van der Waals surface area contributed by atoms with Crippen molar-refractivity contribution in [3.63, 3.8) is 0 Å². The Balaban J connectivity index is 1.26. The summed E-state index contributed by atoms with van der Waals surface area (Å²) >= 11 is 0. The third kappa shape index (κ3) is 4.67. The number of rotatable bonds is 5. The van der Waals surface area contributed by atoms with Gasteiger partial charge in [0.25, 0.3) is 0 Å². The lowest BCUT2D eigenvalue weighted by Crippen LogP contribution is -2.49. The maximum absolute atomic E-state index is 13.5. The average molecular weight is 384 g/mol. The molecule has 150 valence electrons. The fraction of sp³-hybridized carbons (Fsp3) is 0.545. The Morgan fingerprint density at radius 3 is 2.71 bits per heavy atom. The van der Waals surface area contributed by atoms with Crippen molar-refractivity contribution in [3.8, 4) is 0 Å². The molecule has 1 aliphatic heterocycles. The van der Waals surface area contributed by atoms with E-state index >= 15 is 0 Å². The van der Waals surface area contributed by atoms with Crippen LogP contribution in [0.5, 0.6) is 0 Å². The van der Waals surface area contributed by atoms with Crippen LogP contribution in [0.4, 0.5) is 10.2 Å². The number of halogens is 1. The summed E-state index contributed by atoms with van der Waals surface area (Å²) in [6.07, 6.45) is 7.07. The number of hydrogen-bond acceptors (Lipinski definition) is 5. The topological polar surface area (TPSA) is 64.3 Å². The first kappa shape index (κ1) is 19.3. The molecule has 2 aromatic rings. The number of anilines is 1. The van der Waals surface area contributed by atoms with Gasteiger partial charge < -0.3 is 15.4 Å². The molecular weight excluding hydrogens is 355 g/mol. The summed E-state index contributed by atoms with van der Waals surface area (Å²) in [4.78, 5) is 2.26. The molecule has 6 heteroatoms. The first-order valence-corrected chi connectivity index (χ1v) is 10.3. The fourth-order valence-corrected chi connectivity index (χ4v) is 4.48. The van der Waals surface area contributed by atoms with Crippen LogP contribution >= 0.6 is 0 Å². The second-order valence-corrected chi connectivity index (χ2v) is 8.10. The van der Waals surface area contributed by atoms with Crippen molar-refractivity contribution < 1.29 is 9.13 Å². The largest absolute Gasteiger partial charge is 0.378 e. The van der Waals surface area contributed by atoms with Crippen molar-refractivity contribution in [2.45, 2.75) is 50.2 Å². The monoisotopic (exact) mass is 384 g/mol. The van der Waals surface area contributed by atoms with Crippen LogP contribution in [0.3, 0.4) is 0 Å². The van der Waals surface area contributed by atoms with E-state index in [0.29, 0.717) is 18.4 Å². The van der Waals surface area contributed by atoms with E-state index in [2.05, 4.69) is 15.1 Å². The molecule has 1 aromatic heterocycles. The van der Waals surface area contributed by atoms with Crippen LogP contribution in [0.2, 0.25) is 0 Å². The number of nitrogens with zero attached hydrogens (tertiary/aromatic N) is 3. The Morgan fingerprint density at radius 2 is 1.96 bits per heavy atom. The van der Waals surface area contributed by atoms with E-state index in [-0.39, 0.29) is 18.0 Å². The molecule has 0 spiro atoms. The molecule has 0 radical (unpaired) electrons. The van der Waals surface area contributed by atoms with Crippen molar-refractivity contribution in [3.05, 3.63) is 54.0 Å². The molecular formula is C22H29FN4O. The van der Waals surface area contributed by atoms with Gasteiger partial charge in [0.2, 0.25) is 0 Å². The van der Waals surface area contributed by atoms with Crippen molar-refractivity contribution in [2.24, 2.45) is 11.7 Å². The molecule has 2 atom stereocenters. The quantitative estimate of drug-likeness (QED) is 0.855. The fourth-order valence-electron chi connectivity index (χ4n) is 4.48. The summed E-state index contributed by atoms with van der Waals surface area (Å²) in [5.74, 6) is 1.51. The second-order valence-electron chi connectivity index (χ2n) is 8.10. The van der Waals surface area contributed by atoms with Crippen molar-refractivity contribution in [1.29, 1.82) is 0 Å². The van der Waals surface area contributed by atoms with Gasteiger partial charge in [0.15, 0.2) is 5.82 Å². The van der Waals surface area contributed by atoms with Crippen LogP contribution in [0.1, 0.15) is 43.6 Å². The molecule has 1 aromatic carbocycles. The van der Waals surface area contributed by atoms with Gasteiger partial charge in [-0.25, -0.2) is 4.39 Å². The van der Waals surface area contributed by atoms with Crippen LogP contribution in [0.15, 0.2) is 42.6 Å². The van der Waals surface area contributed by atoms with Crippen molar-refractivity contribution in [2.75, 3.05) is 24.6 Å². The van der Waals surface area contributed by atoms with E-state index in [1.165, 1.54) is 6.07 Å². The van der Waals surface area contributed by atoms with Gasteiger partial charge in [-0.2, -0.15) is 5.10 Å². The number of nitrogens with two attached hydrogens (primary N) is 1. The number of benzene rings is 1.